The van der Waals surface area contributed by atoms with Gasteiger partial charge in [-0.2, -0.15) is 0 Å². The Morgan fingerprint density at radius 1 is 1.24 bits per heavy atom. The molecule has 0 fully saturated rings. The Balaban J connectivity index is 2.02. The average molecular weight is 289 g/mol. The van der Waals surface area contributed by atoms with Crippen molar-refractivity contribution in [2.75, 3.05) is 19.8 Å². The highest BCUT2D eigenvalue weighted by Gasteiger charge is 2.13. The zero-order valence-corrected chi connectivity index (χ0v) is 13.4. The van der Waals surface area contributed by atoms with Crippen molar-refractivity contribution in [3.8, 4) is 0 Å². The summed E-state index contributed by atoms with van der Waals surface area (Å²) in [5.41, 5.74) is 2.28. The van der Waals surface area contributed by atoms with Gasteiger partial charge in [-0.3, -0.25) is 0 Å². The minimum Gasteiger partial charge on any atom is -0.381 e. The molecule has 2 aromatic rings. The Labute approximate surface area is 127 Å². The molecule has 116 valence electrons. The van der Waals surface area contributed by atoms with Crippen LogP contribution in [0.2, 0.25) is 0 Å². The van der Waals surface area contributed by atoms with E-state index in [0.717, 1.165) is 50.4 Å². The van der Waals surface area contributed by atoms with Crippen molar-refractivity contribution in [2.45, 2.75) is 39.2 Å². The lowest BCUT2D eigenvalue weighted by Gasteiger charge is -2.17. The van der Waals surface area contributed by atoms with Crippen molar-refractivity contribution in [3.63, 3.8) is 0 Å². The van der Waals surface area contributed by atoms with Crippen molar-refractivity contribution < 1.29 is 4.74 Å². The van der Waals surface area contributed by atoms with Gasteiger partial charge in [-0.15, -0.1) is 0 Å². The highest BCUT2D eigenvalue weighted by Crippen LogP contribution is 2.16. The molecule has 0 aliphatic carbocycles. The number of hydrogen-bond acceptors (Lipinski definition) is 3. The monoisotopic (exact) mass is 289 g/mol. The third-order valence-corrected chi connectivity index (χ3v) is 3.76. The third-order valence-electron chi connectivity index (χ3n) is 3.76. The molecule has 0 saturated carbocycles. The van der Waals surface area contributed by atoms with E-state index in [0.29, 0.717) is 6.04 Å². The minimum atomic E-state index is 0.419. The summed E-state index contributed by atoms with van der Waals surface area (Å²) in [6.07, 6.45) is 3.04. The lowest BCUT2D eigenvalue weighted by Crippen LogP contribution is -2.33. The van der Waals surface area contributed by atoms with E-state index < -0.39 is 0 Å². The van der Waals surface area contributed by atoms with E-state index in [4.69, 9.17) is 9.72 Å². The number of aryl methyl sites for hydroxylation is 1. The number of nitrogens with one attached hydrogen (secondary N) is 1. The summed E-state index contributed by atoms with van der Waals surface area (Å²) in [7, 11) is 2.10. The van der Waals surface area contributed by atoms with Gasteiger partial charge in [0.25, 0.3) is 0 Å². The van der Waals surface area contributed by atoms with Crippen LogP contribution < -0.4 is 5.32 Å². The van der Waals surface area contributed by atoms with Crippen molar-refractivity contribution in [1.82, 2.24) is 14.9 Å². The zero-order chi connectivity index (χ0) is 15.1. The molecule has 1 heterocycles. The van der Waals surface area contributed by atoms with Crippen molar-refractivity contribution in [2.24, 2.45) is 7.05 Å². The van der Waals surface area contributed by atoms with Gasteiger partial charge in [0.05, 0.1) is 11.0 Å². The fourth-order valence-corrected chi connectivity index (χ4v) is 2.64. The van der Waals surface area contributed by atoms with Crippen LogP contribution in [-0.4, -0.2) is 35.4 Å². The lowest BCUT2D eigenvalue weighted by atomic mass is 10.1. The van der Waals surface area contributed by atoms with Crippen molar-refractivity contribution in [3.05, 3.63) is 30.1 Å². The fraction of sp³-hybridized carbons (Fsp3) is 0.588. The van der Waals surface area contributed by atoms with Gasteiger partial charge in [-0.1, -0.05) is 26.0 Å². The number of hydrogen-bond donors (Lipinski definition) is 1. The smallest absolute Gasteiger partial charge is 0.111 e. The number of likely N-dealkylation sites (N-methyl/N-ethyl adjacent to an activating group) is 1. The maximum atomic E-state index is 5.62. The molecule has 1 N–H and O–H groups in total. The van der Waals surface area contributed by atoms with E-state index in [1.54, 1.807) is 0 Å². The number of aromatic nitrogens is 2. The summed E-state index contributed by atoms with van der Waals surface area (Å²) < 4.78 is 7.82. The first-order chi connectivity index (χ1) is 10.3. The Kier molecular flexibility index (Phi) is 6.21. The Morgan fingerprint density at radius 2 is 2.05 bits per heavy atom. The average Bonchev–Trinajstić information content (AvgIpc) is 2.81. The van der Waals surface area contributed by atoms with Crippen LogP contribution >= 0.6 is 0 Å². The molecule has 0 aliphatic heterocycles. The summed E-state index contributed by atoms with van der Waals surface area (Å²) >= 11 is 0. The van der Waals surface area contributed by atoms with E-state index in [1.165, 1.54) is 5.52 Å². The van der Waals surface area contributed by atoms with Crippen LogP contribution in [0.15, 0.2) is 24.3 Å². The number of nitrogens with zero attached hydrogens (tertiary/aromatic N) is 2. The lowest BCUT2D eigenvalue weighted by molar-refractivity contribution is 0.124. The first kappa shape index (κ1) is 16.0. The van der Waals surface area contributed by atoms with Gasteiger partial charge in [0, 0.05) is 32.7 Å². The molecule has 1 atom stereocenters. The second-order valence-corrected chi connectivity index (χ2v) is 5.44. The van der Waals surface area contributed by atoms with Gasteiger partial charge in [0.1, 0.15) is 5.82 Å². The van der Waals surface area contributed by atoms with Crippen LogP contribution in [0, 0.1) is 0 Å². The van der Waals surface area contributed by atoms with Crippen molar-refractivity contribution >= 4 is 11.0 Å². The molecule has 1 unspecified atom stereocenters. The molecular weight excluding hydrogens is 262 g/mol. The molecular formula is C17H27N3O. The number of rotatable bonds is 9. The molecule has 0 radical (unpaired) electrons. The first-order valence-corrected chi connectivity index (χ1v) is 7.97. The highest BCUT2D eigenvalue weighted by molar-refractivity contribution is 5.75. The molecule has 2 rings (SSSR count). The maximum Gasteiger partial charge on any atom is 0.111 e. The summed E-state index contributed by atoms with van der Waals surface area (Å²) in [4.78, 5) is 4.76. The van der Waals surface area contributed by atoms with E-state index in [2.05, 4.69) is 49.0 Å². The second-order valence-electron chi connectivity index (χ2n) is 5.44. The van der Waals surface area contributed by atoms with E-state index in [9.17, 15) is 0 Å². The van der Waals surface area contributed by atoms with Crippen LogP contribution in [0.3, 0.4) is 0 Å². The number of fused-ring (bicyclic) bond motifs is 1. The summed E-state index contributed by atoms with van der Waals surface area (Å²) in [5.74, 6) is 1.14. The Bertz CT molecular complexity index is 550. The normalized spacial score (nSPS) is 12.9. The number of imidazole rings is 1. The first-order valence-electron chi connectivity index (χ1n) is 7.97. The van der Waals surface area contributed by atoms with Crippen LogP contribution in [0.1, 0.15) is 32.5 Å². The molecule has 0 spiro atoms. The number of benzene rings is 1. The number of para-hydroxylation sites is 2. The van der Waals surface area contributed by atoms with Gasteiger partial charge in [-0.25, -0.2) is 4.98 Å². The largest absolute Gasteiger partial charge is 0.381 e. The topological polar surface area (TPSA) is 39.1 Å². The molecule has 1 aromatic carbocycles. The van der Waals surface area contributed by atoms with Gasteiger partial charge in [0.15, 0.2) is 0 Å². The zero-order valence-electron chi connectivity index (χ0n) is 13.4. The summed E-state index contributed by atoms with van der Waals surface area (Å²) in [6, 6.07) is 8.72. The SMILES string of the molecule is CCCOCCC(Cc1nc2ccccc2n1C)NCC. The third kappa shape index (κ3) is 4.29. The Hall–Kier alpha value is -1.39. The summed E-state index contributed by atoms with van der Waals surface area (Å²) in [6.45, 7) is 6.93. The van der Waals surface area contributed by atoms with Crippen LogP contribution in [-0.2, 0) is 18.2 Å². The van der Waals surface area contributed by atoms with E-state index in [-0.39, 0.29) is 0 Å². The van der Waals surface area contributed by atoms with Gasteiger partial charge in [0.2, 0.25) is 0 Å². The second kappa shape index (κ2) is 8.15. The van der Waals surface area contributed by atoms with Crippen LogP contribution in [0.5, 0.6) is 0 Å². The van der Waals surface area contributed by atoms with Gasteiger partial charge >= 0.3 is 0 Å². The minimum absolute atomic E-state index is 0.419. The fourth-order valence-electron chi connectivity index (χ4n) is 2.64. The molecule has 21 heavy (non-hydrogen) atoms. The quantitative estimate of drug-likeness (QED) is 0.721. The molecule has 0 aliphatic rings. The predicted molar refractivity (Wildman–Crippen MR) is 87.6 cm³/mol. The van der Waals surface area contributed by atoms with Crippen LogP contribution in [0.25, 0.3) is 11.0 Å². The predicted octanol–water partition coefficient (Wildman–Crippen LogP) is 2.91. The van der Waals surface area contributed by atoms with Gasteiger partial charge in [-0.05, 0) is 31.5 Å². The number of ether oxygens (including phenoxy) is 1. The van der Waals surface area contributed by atoms with E-state index in [1.807, 2.05) is 6.07 Å². The Morgan fingerprint density at radius 3 is 2.76 bits per heavy atom. The highest BCUT2D eigenvalue weighted by atomic mass is 16.5. The molecule has 0 saturated heterocycles. The molecule has 1 aromatic heterocycles. The van der Waals surface area contributed by atoms with Crippen LogP contribution in [0.4, 0.5) is 0 Å². The van der Waals surface area contributed by atoms with Gasteiger partial charge < -0.3 is 14.6 Å². The standard InChI is InChI=1S/C17H27N3O/c1-4-11-21-12-10-14(18-5-2)13-17-19-15-8-6-7-9-16(15)20(17)3/h6-9,14,18H,4-5,10-13H2,1-3H3. The maximum absolute atomic E-state index is 5.62. The van der Waals surface area contributed by atoms with E-state index >= 15 is 0 Å². The summed E-state index contributed by atoms with van der Waals surface area (Å²) in [5, 5.41) is 3.55. The molecule has 4 nitrogen and oxygen atoms in total. The molecule has 0 bridgehead atoms. The molecule has 4 heteroatoms. The van der Waals surface area contributed by atoms with Crippen molar-refractivity contribution in [1.29, 1.82) is 0 Å². The molecule has 0 amide bonds.